The quantitative estimate of drug-likeness (QED) is 0.720. The van der Waals surface area contributed by atoms with Gasteiger partial charge < -0.3 is 10.1 Å². The molecule has 1 saturated heterocycles. The van der Waals surface area contributed by atoms with Crippen LogP contribution in [-0.4, -0.2) is 30.8 Å². The Balaban J connectivity index is 2.46. The van der Waals surface area contributed by atoms with E-state index in [2.05, 4.69) is 5.32 Å². The molecule has 3 nitrogen and oxygen atoms in total. The summed E-state index contributed by atoms with van der Waals surface area (Å²) < 4.78 is 17.4. The zero-order chi connectivity index (χ0) is 9.90. The highest BCUT2D eigenvalue weighted by Crippen LogP contribution is 2.25. The molecule has 1 fully saturated rings. The van der Waals surface area contributed by atoms with Crippen molar-refractivity contribution >= 4 is 5.91 Å². The van der Waals surface area contributed by atoms with Crippen LogP contribution < -0.4 is 5.32 Å². The topological polar surface area (TPSA) is 38.3 Å². The van der Waals surface area contributed by atoms with Gasteiger partial charge in [0.1, 0.15) is 12.3 Å². The molecule has 1 aliphatic rings. The Morgan fingerprint density at radius 3 is 2.92 bits per heavy atom. The van der Waals surface area contributed by atoms with Crippen LogP contribution in [0.1, 0.15) is 26.7 Å². The van der Waals surface area contributed by atoms with Crippen molar-refractivity contribution in [3.8, 4) is 0 Å². The second kappa shape index (κ2) is 4.05. The minimum absolute atomic E-state index is 0.199. The first-order valence-corrected chi connectivity index (χ1v) is 4.59. The maximum atomic E-state index is 12.1. The van der Waals surface area contributed by atoms with Gasteiger partial charge in [0.15, 0.2) is 0 Å². The van der Waals surface area contributed by atoms with Crippen molar-refractivity contribution < 1.29 is 13.9 Å². The van der Waals surface area contributed by atoms with Crippen molar-refractivity contribution in [1.29, 1.82) is 0 Å². The molecule has 13 heavy (non-hydrogen) atoms. The molecule has 4 heteroatoms. The lowest BCUT2D eigenvalue weighted by molar-refractivity contribution is -0.140. The summed E-state index contributed by atoms with van der Waals surface area (Å²) in [4.78, 5) is 11.5. The molecule has 0 aromatic rings. The smallest absolute Gasteiger partial charge is 0.252 e. The lowest BCUT2D eigenvalue weighted by Crippen LogP contribution is -2.47. The lowest BCUT2D eigenvalue weighted by Gasteiger charge is -2.23. The van der Waals surface area contributed by atoms with Crippen LogP contribution in [0.5, 0.6) is 0 Å². The average Bonchev–Trinajstić information content (AvgIpc) is 2.53. The molecule has 1 heterocycles. The van der Waals surface area contributed by atoms with E-state index >= 15 is 0 Å². The van der Waals surface area contributed by atoms with Crippen LogP contribution in [0.15, 0.2) is 0 Å². The number of hydrogen-bond acceptors (Lipinski definition) is 2. The van der Waals surface area contributed by atoms with Gasteiger partial charge in [-0.15, -0.1) is 0 Å². The Bertz CT molecular complexity index is 190. The Hall–Kier alpha value is -0.640. The standard InChI is InChI=1S/C9H16FNO2/c1-7(6-10)11-8(12)9(2)4-3-5-13-9/h7H,3-6H2,1-2H3,(H,11,12). The van der Waals surface area contributed by atoms with Gasteiger partial charge in [0.25, 0.3) is 5.91 Å². The van der Waals surface area contributed by atoms with Gasteiger partial charge in [0.2, 0.25) is 0 Å². The van der Waals surface area contributed by atoms with Gasteiger partial charge in [-0.2, -0.15) is 0 Å². The van der Waals surface area contributed by atoms with Crippen molar-refractivity contribution in [2.24, 2.45) is 0 Å². The summed E-state index contributed by atoms with van der Waals surface area (Å²) in [5.74, 6) is -0.199. The predicted molar refractivity (Wildman–Crippen MR) is 47.2 cm³/mol. The Kier molecular flexibility index (Phi) is 3.25. The molecule has 1 amide bonds. The van der Waals surface area contributed by atoms with E-state index in [1.807, 2.05) is 0 Å². The fourth-order valence-electron chi connectivity index (χ4n) is 1.37. The summed E-state index contributed by atoms with van der Waals surface area (Å²) >= 11 is 0. The molecule has 76 valence electrons. The van der Waals surface area contributed by atoms with Crippen LogP contribution in [0.2, 0.25) is 0 Å². The molecule has 0 bridgehead atoms. The van der Waals surface area contributed by atoms with Crippen LogP contribution in [0.4, 0.5) is 4.39 Å². The highest BCUT2D eigenvalue weighted by Gasteiger charge is 2.37. The Labute approximate surface area is 77.6 Å². The molecule has 0 spiro atoms. The summed E-state index contributed by atoms with van der Waals surface area (Å²) in [5, 5.41) is 2.57. The number of rotatable bonds is 3. The van der Waals surface area contributed by atoms with Gasteiger partial charge >= 0.3 is 0 Å². The van der Waals surface area contributed by atoms with E-state index < -0.39 is 18.3 Å². The van der Waals surface area contributed by atoms with Crippen molar-refractivity contribution in [3.05, 3.63) is 0 Å². The van der Waals surface area contributed by atoms with Gasteiger partial charge in [-0.3, -0.25) is 4.79 Å². The van der Waals surface area contributed by atoms with E-state index in [0.29, 0.717) is 6.61 Å². The number of ether oxygens (including phenoxy) is 1. The first-order chi connectivity index (χ1) is 6.08. The Morgan fingerprint density at radius 1 is 1.77 bits per heavy atom. The minimum Gasteiger partial charge on any atom is -0.365 e. The summed E-state index contributed by atoms with van der Waals surface area (Å²) in [6, 6.07) is -0.423. The molecule has 1 N–H and O–H groups in total. The number of carbonyl (C=O) groups excluding carboxylic acids is 1. The van der Waals surface area contributed by atoms with E-state index in [1.165, 1.54) is 0 Å². The predicted octanol–water partition coefficient (Wildman–Crippen LogP) is 1.03. The van der Waals surface area contributed by atoms with Gasteiger partial charge in [-0.25, -0.2) is 4.39 Å². The fourth-order valence-corrected chi connectivity index (χ4v) is 1.37. The molecule has 1 aliphatic heterocycles. The number of halogens is 1. The first-order valence-electron chi connectivity index (χ1n) is 4.59. The van der Waals surface area contributed by atoms with E-state index in [-0.39, 0.29) is 5.91 Å². The van der Waals surface area contributed by atoms with Gasteiger partial charge in [-0.1, -0.05) is 0 Å². The van der Waals surface area contributed by atoms with Gasteiger partial charge in [0, 0.05) is 6.61 Å². The van der Waals surface area contributed by atoms with Gasteiger partial charge in [0.05, 0.1) is 6.04 Å². The molecule has 0 radical (unpaired) electrons. The largest absolute Gasteiger partial charge is 0.365 e. The molecule has 0 aliphatic carbocycles. The van der Waals surface area contributed by atoms with Gasteiger partial charge in [-0.05, 0) is 26.7 Å². The number of hydrogen-bond donors (Lipinski definition) is 1. The molecule has 1 rings (SSSR count). The number of amides is 1. The third-order valence-corrected chi connectivity index (χ3v) is 2.31. The van der Waals surface area contributed by atoms with Crippen LogP contribution in [0.25, 0.3) is 0 Å². The van der Waals surface area contributed by atoms with E-state index in [9.17, 15) is 9.18 Å². The number of alkyl halides is 1. The highest BCUT2D eigenvalue weighted by atomic mass is 19.1. The van der Waals surface area contributed by atoms with Crippen molar-refractivity contribution in [2.75, 3.05) is 13.3 Å². The van der Waals surface area contributed by atoms with Crippen molar-refractivity contribution in [1.82, 2.24) is 5.32 Å². The summed E-state index contributed by atoms with van der Waals surface area (Å²) in [5.41, 5.74) is -0.733. The lowest BCUT2D eigenvalue weighted by atomic mass is 10.0. The summed E-state index contributed by atoms with van der Waals surface area (Å²) in [6.07, 6.45) is 1.62. The van der Waals surface area contributed by atoms with E-state index in [4.69, 9.17) is 4.74 Å². The third-order valence-electron chi connectivity index (χ3n) is 2.31. The first kappa shape index (κ1) is 10.4. The zero-order valence-electron chi connectivity index (χ0n) is 8.10. The van der Waals surface area contributed by atoms with Crippen molar-refractivity contribution in [3.63, 3.8) is 0 Å². The molecule has 2 unspecified atom stereocenters. The second-order valence-electron chi connectivity index (χ2n) is 3.71. The normalized spacial score (nSPS) is 30.1. The SMILES string of the molecule is CC(CF)NC(=O)C1(C)CCCO1. The van der Waals surface area contributed by atoms with Crippen molar-refractivity contribution in [2.45, 2.75) is 38.3 Å². The van der Waals surface area contributed by atoms with E-state index in [1.54, 1.807) is 13.8 Å². The minimum atomic E-state index is -0.733. The molecular weight excluding hydrogens is 173 g/mol. The van der Waals surface area contributed by atoms with Crippen LogP contribution >= 0.6 is 0 Å². The summed E-state index contributed by atoms with van der Waals surface area (Å²) in [7, 11) is 0. The maximum Gasteiger partial charge on any atom is 0.252 e. The number of carbonyl (C=O) groups is 1. The fraction of sp³-hybridized carbons (Fsp3) is 0.889. The second-order valence-corrected chi connectivity index (χ2v) is 3.71. The van der Waals surface area contributed by atoms with Crippen LogP contribution in [0, 0.1) is 0 Å². The number of nitrogens with one attached hydrogen (secondary N) is 1. The molecule has 0 saturated carbocycles. The molecule has 0 aromatic heterocycles. The van der Waals surface area contributed by atoms with Crippen LogP contribution in [0.3, 0.4) is 0 Å². The van der Waals surface area contributed by atoms with Crippen LogP contribution in [-0.2, 0) is 9.53 Å². The molecule has 2 atom stereocenters. The molecular formula is C9H16FNO2. The zero-order valence-corrected chi connectivity index (χ0v) is 8.10. The monoisotopic (exact) mass is 189 g/mol. The summed E-state index contributed by atoms with van der Waals surface area (Å²) in [6.45, 7) is 3.46. The maximum absolute atomic E-state index is 12.1. The molecule has 0 aromatic carbocycles. The average molecular weight is 189 g/mol. The third kappa shape index (κ3) is 2.40. The Morgan fingerprint density at radius 2 is 2.46 bits per heavy atom. The van der Waals surface area contributed by atoms with E-state index in [0.717, 1.165) is 12.8 Å². The highest BCUT2D eigenvalue weighted by molar-refractivity contribution is 5.85.